The van der Waals surface area contributed by atoms with Crippen molar-refractivity contribution in [3.05, 3.63) is 0 Å². The van der Waals surface area contributed by atoms with Crippen LogP contribution < -0.4 is 5.32 Å². The summed E-state index contributed by atoms with van der Waals surface area (Å²) in [5.74, 6) is -0.199. The zero-order chi connectivity index (χ0) is 18.5. The average molecular weight is 388 g/mol. The van der Waals surface area contributed by atoms with Gasteiger partial charge in [0.25, 0.3) is 0 Å². The molecule has 4 rings (SSSR count). The molecular weight excluding hydrogens is 364 g/mol. The Kier molecular flexibility index (Phi) is 4.58. The summed E-state index contributed by atoms with van der Waals surface area (Å²) < 4.78 is 35.0. The minimum absolute atomic E-state index is 0.109. The first-order chi connectivity index (χ1) is 12.3. The SMILES string of the molecule is O=C(NC1CCN(C2CC2)CC1)C1CCC2CN1C(=O)N2OS(=O)(=O)O. The van der Waals surface area contributed by atoms with Gasteiger partial charge in [-0.15, -0.1) is 4.28 Å². The Hall–Kier alpha value is -1.43. The van der Waals surface area contributed by atoms with E-state index in [4.69, 9.17) is 4.55 Å². The lowest BCUT2D eigenvalue weighted by molar-refractivity contribution is -0.127. The molecule has 4 fully saturated rings. The van der Waals surface area contributed by atoms with Crippen LogP contribution in [0.5, 0.6) is 0 Å². The number of fused-ring (bicyclic) bond motifs is 2. The van der Waals surface area contributed by atoms with Crippen LogP contribution in [-0.4, -0.2) is 83.6 Å². The third-order valence-electron chi connectivity index (χ3n) is 5.74. The van der Waals surface area contributed by atoms with E-state index in [0.717, 1.165) is 32.0 Å². The van der Waals surface area contributed by atoms with Crippen LogP contribution >= 0.6 is 0 Å². The lowest BCUT2D eigenvalue weighted by atomic mass is 9.98. The fourth-order valence-electron chi connectivity index (χ4n) is 4.25. The molecule has 1 aliphatic carbocycles. The van der Waals surface area contributed by atoms with Crippen molar-refractivity contribution in [2.75, 3.05) is 19.6 Å². The van der Waals surface area contributed by atoms with E-state index in [1.807, 2.05) is 0 Å². The number of nitrogens with one attached hydrogen (secondary N) is 1. The predicted octanol–water partition coefficient (Wildman–Crippen LogP) is -0.268. The van der Waals surface area contributed by atoms with E-state index in [1.54, 1.807) is 0 Å². The average Bonchev–Trinajstić information content (AvgIpc) is 3.40. The first kappa shape index (κ1) is 18.0. The number of hydrogen-bond acceptors (Lipinski definition) is 6. The normalized spacial score (nSPS) is 30.7. The highest BCUT2D eigenvalue weighted by Gasteiger charge is 2.49. The molecule has 3 saturated heterocycles. The van der Waals surface area contributed by atoms with Gasteiger partial charge in [-0.3, -0.25) is 9.35 Å². The Morgan fingerprint density at radius 1 is 1.08 bits per heavy atom. The fourth-order valence-corrected chi connectivity index (χ4v) is 4.64. The summed E-state index contributed by atoms with van der Waals surface area (Å²) in [6.07, 6.45) is 5.25. The number of piperidine rings is 2. The summed E-state index contributed by atoms with van der Waals surface area (Å²) in [7, 11) is -4.77. The lowest BCUT2D eigenvalue weighted by Crippen LogP contribution is -2.54. The van der Waals surface area contributed by atoms with Crippen molar-refractivity contribution in [2.24, 2.45) is 0 Å². The Balaban J connectivity index is 1.33. The third-order valence-corrected chi connectivity index (χ3v) is 6.09. The van der Waals surface area contributed by atoms with Crippen LogP contribution in [-0.2, 0) is 19.5 Å². The van der Waals surface area contributed by atoms with E-state index in [-0.39, 0.29) is 18.5 Å². The van der Waals surface area contributed by atoms with Gasteiger partial charge in [0.2, 0.25) is 5.91 Å². The number of hydrogen-bond donors (Lipinski definition) is 2. The maximum Gasteiger partial charge on any atom is 0.418 e. The van der Waals surface area contributed by atoms with Crippen molar-refractivity contribution in [1.29, 1.82) is 0 Å². The molecule has 1 saturated carbocycles. The van der Waals surface area contributed by atoms with Gasteiger partial charge in [0, 0.05) is 31.7 Å². The van der Waals surface area contributed by atoms with Crippen molar-refractivity contribution in [3.8, 4) is 0 Å². The zero-order valence-electron chi connectivity index (χ0n) is 14.4. The smallest absolute Gasteiger partial charge is 0.351 e. The molecule has 2 atom stereocenters. The van der Waals surface area contributed by atoms with Crippen LogP contribution in [0.1, 0.15) is 38.5 Å². The molecule has 146 valence electrons. The summed E-state index contributed by atoms with van der Waals surface area (Å²) >= 11 is 0. The first-order valence-corrected chi connectivity index (χ1v) is 10.5. The third kappa shape index (κ3) is 3.66. The Labute approximate surface area is 152 Å². The summed E-state index contributed by atoms with van der Waals surface area (Å²) in [6, 6.07) is -0.963. The van der Waals surface area contributed by atoms with E-state index < -0.39 is 28.5 Å². The van der Waals surface area contributed by atoms with Crippen molar-refractivity contribution in [3.63, 3.8) is 0 Å². The molecule has 2 unspecified atom stereocenters. The molecule has 0 spiro atoms. The van der Waals surface area contributed by atoms with Gasteiger partial charge >= 0.3 is 16.4 Å². The van der Waals surface area contributed by atoms with E-state index in [0.29, 0.717) is 17.9 Å². The molecule has 0 aromatic rings. The molecule has 0 aromatic carbocycles. The van der Waals surface area contributed by atoms with Gasteiger partial charge in [-0.05, 0) is 38.5 Å². The predicted molar refractivity (Wildman–Crippen MR) is 89.1 cm³/mol. The fraction of sp³-hybridized carbons (Fsp3) is 0.867. The number of amides is 3. The molecule has 0 aromatic heterocycles. The van der Waals surface area contributed by atoms with Crippen LogP contribution in [0, 0.1) is 0 Å². The summed E-state index contributed by atoms with van der Waals surface area (Å²) in [4.78, 5) is 28.8. The van der Waals surface area contributed by atoms with Gasteiger partial charge in [-0.1, -0.05) is 0 Å². The number of hydroxylamine groups is 2. The second kappa shape index (κ2) is 6.63. The van der Waals surface area contributed by atoms with Gasteiger partial charge in [0.05, 0.1) is 6.04 Å². The molecular formula is C15H24N4O6S. The first-order valence-electron chi connectivity index (χ1n) is 9.13. The molecule has 26 heavy (non-hydrogen) atoms. The monoisotopic (exact) mass is 388 g/mol. The van der Waals surface area contributed by atoms with Gasteiger partial charge in [0.15, 0.2) is 0 Å². The highest BCUT2D eigenvalue weighted by atomic mass is 32.3. The van der Waals surface area contributed by atoms with Crippen molar-refractivity contribution < 1.29 is 26.8 Å². The molecule has 4 aliphatic rings. The second-order valence-corrected chi connectivity index (χ2v) is 8.56. The molecule has 11 heteroatoms. The number of likely N-dealkylation sites (tertiary alicyclic amines) is 1. The second-order valence-electron chi connectivity index (χ2n) is 7.56. The van der Waals surface area contributed by atoms with Crippen LogP contribution in [0.2, 0.25) is 0 Å². The summed E-state index contributed by atoms with van der Waals surface area (Å²) in [5.41, 5.74) is 0. The van der Waals surface area contributed by atoms with Crippen LogP contribution in [0.25, 0.3) is 0 Å². The van der Waals surface area contributed by atoms with Crippen molar-refractivity contribution in [1.82, 2.24) is 20.2 Å². The highest BCUT2D eigenvalue weighted by molar-refractivity contribution is 7.80. The Bertz CT molecular complexity index is 688. The molecule has 2 N–H and O–H groups in total. The number of carbonyl (C=O) groups excluding carboxylic acids is 2. The van der Waals surface area contributed by atoms with E-state index in [1.165, 1.54) is 17.7 Å². The molecule has 2 bridgehead atoms. The standard InChI is InChI=1S/C15H24N4O6S/c20-14(16-10-5-7-17(8-6-10)11-1-2-11)13-4-3-12-9-18(13)15(21)19(12)25-26(22,23)24/h10-13H,1-9H2,(H,16,20)(H,22,23,24). The van der Waals surface area contributed by atoms with E-state index in [9.17, 15) is 18.0 Å². The Morgan fingerprint density at radius 3 is 2.35 bits per heavy atom. The minimum Gasteiger partial charge on any atom is -0.351 e. The van der Waals surface area contributed by atoms with Crippen LogP contribution in [0.4, 0.5) is 4.79 Å². The van der Waals surface area contributed by atoms with Gasteiger partial charge < -0.3 is 15.1 Å². The highest BCUT2D eigenvalue weighted by Crippen LogP contribution is 2.32. The van der Waals surface area contributed by atoms with Gasteiger partial charge in [-0.2, -0.15) is 13.5 Å². The zero-order valence-corrected chi connectivity index (χ0v) is 15.2. The number of urea groups is 1. The van der Waals surface area contributed by atoms with Gasteiger partial charge in [0.1, 0.15) is 6.04 Å². The largest absolute Gasteiger partial charge is 0.418 e. The molecule has 3 aliphatic heterocycles. The maximum atomic E-state index is 12.7. The number of nitrogens with zero attached hydrogens (tertiary/aromatic N) is 3. The van der Waals surface area contributed by atoms with E-state index >= 15 is 0 Å². The summed E-state index contributed by atoms with van der Waals surface area (Å²) in [6.45, 7) is 2.19. The molecule has 3 heterocycles. The number of rotatable bonds is 5. The van der Waals surface area contributed by atoms with Gasteiger partial charge in [-0.25, -0.2) is 4.79 Å². The minimum atomic E-state index is -4.77. The maximum absolute atomic E-state index is 12.7. The summed E-state index contributed by atoms with van der Waals surface area (Å²) in [5, 5.41) is 3.71. The molecule has 0 radical (unpaired) electrons. The molecule has 10 nitrogen and oxygen atoms in total. The van der Waals surface area contributed by atoms with Crippen LogP contribution in [0.15, 0.2) is 0 Å². The van der Waals surface area contributed by atoms with Crippen molar-refractivity contribution in [2.45, 2.75) is 62.7 Å². The quantitative estimate of drug-likeness (QED) is 0.622. The van der Waals surface area contributed by atoms with Crippen molar-refractivity contribution >= 4 is 22.3 Å². The lowest BCUT2D eigenvalue weighted by Gasteiger charge is -2.35. The molecule has 3 amide bonds. The van der Waals surface area contributed by atoms with Crippen LogP contribution in [0.3, 0.4) is 0 Å². The topological polar surface area (TPSA) is 119 Å². The van der Waals surface area contributed by atoms with E-state index in [2.05, 4.69) is 14.5 Å². The Morgan fingerprint density at radius 2 is 1.73 bits per heavy atom. The number of carbonyl (C=O) groups is 2.